The van der Waals surface area contributed by atoms with E-state index in [0.29, 0.717) is 0 Å². The molecule has 4 nitrogen and oxygen atoms in total. The van der Waals surface area contributed by atoms with E-state index in [1.165, 1.54) is 28.9 Å². The van der Waals surface area contributed by atoms with E-state index in [-0.39, 0.29) is 6.04 Å². The molecule has 0 fully saturated rings. The highest BCUT2D eigenvalue weighted by atomic mass is 15.1. The molecular weight excluding hydrogens is 224 g/mol. The zero-order valence-corrected chi connectivity index (χ0v) is 11.0. The summed E-state index contributed by atoms with van der Waals surface area (Å²) in [6, 6.07) is 2.48. The summed E-state index contributed by atoms with van der Waals surface area (Å²) in [5.41, 5.74) is 12.7. The van der Waals surface area contributed by atoms with Gasteiger partial charge in [0.1, 0.15) is 0 Å². The summed E-state index contributed by atoms with van der Waals surface area (Å²) in [6.45, 7) is 5.13. The Bertz CT molecular complexity index is 564. The van der Waals surface area contributed by atoms with Crippen LogP contribution in [0.5, 0.6) is 0 Å². The first-order valence-electron chi connectivity index (χ1n) is 6.60. The van der Waals surface area contributed by atoms with E-state index in [0.717, 1.165) is 25.1 Å². The minimum Gasteiger partial charge on any atom is -0.344 e. The molecule has 0 aliphatic heterocycles. The van der Waals surface area contributed by atoms with Gasteiger partial charge in [0.2, 0.25) is 0 Å². The highest BCUT2D eigenvalue weighted by molar-refractivity contribution is 5.33. The van der Waals surface area contributed by atoms with E-state index in [1.807, 2.05) is 6.20 Å². The highest BCUT2D eigenvalue weighted by Gasteiger charge is 2.22. The van der Waals surface area contributed by atoms with Crippen LogP contribution in [0.1, 0.15) is 47.1 Å². The molecule has 96 valence electrons. The number of rotatable bonds is 2. The molecule has 3 rings (SSSR count). The summed E-state index contributed by atoms with van der Waals surface area (Å²) in [7, 11) is 0. The predicted octanol–water partition coefficient (Wildman–Crippen LogP) is 2.21. The number of nitrogens with two attached hydrogens (primary N) is 1. The number of hydrogen-bond acceptors (Lipinski definition) is 2. The van der Waals surface area contributed by atoms with Gasteiger partial charge in [0.05, 0.1) is 12.7 Å². The average Bonchev–Trinajstić information content (AvgIpc) is 2.87. The van der Waals surface area contributed by atoms with E-state index in [1.54, 1.807) is 0 Å². The Balaban J connectivity index is 2.00. The van der Waals surface area contributed by atoms with E-state index in [4.69, 9.17) is 5.73 Å². The van der Waals surface area contributed by atoms with E-state index in [9.17, 15) is 0 Å². The number of aryl methyl sites for hydroxylation is 2. The van der Waals surface area contributed by atoms with Crippen molar-refractivity contribution in [2.75, 3.05) is 0 Å². The van der Waals surface area contributed by atoms with Crippen molar-refractivity contribution < 1.29 is 0 Å². The number of H-pyrrole nitrogens is 1. The Morgan fingerprint density at radius 3 is 3.06 bits per heavy atom. The summed E-state index contributed by atoms with van der Waals surface area (Å²) >= 11 is 0. The van der Waals surface area contributed by atoms with Gasteiger partial charge in [-0.2, -0.15) is 5.10 Å². The Morgan fingerprint density at radius 2 is 2.33 bits per heavy atom. The van der Waals surface area contributed by atoms with Crippen molar-refractivity contribution in [3.05, 3.63) is 40.5 Å². The SMILES string of the molecule is Cc1[nH]ncc1Cn1c(C)cc2c1CCCC2N. The smallest absolute Gasteiger partial charge is 0.0540 e. The minimum absolute atomic E-state index is 0.221. The first-order chi connectivity index (χ1) is 8.66. The first-order valence-corrected chi connectivity index (χ1v) is 6.60. The van der Waals surface area contributed by atoms with Crippen molar-refractivity contribution >= 4 is 0 Å². The van der Waals surface area contributed by atoms with Crippen molar-refractivity contribution in [1.29, 1.82) is 0 Å². The van der Waals surface area contributed by atoms with Gasteiger partial charge in [-0.15, -0.1) is 0 Å². The van der Waals surface area contributed by atoms with Gasteiger partial charge in [-0.25, -0.2) is 0 Å². The van der Waals surface area contributed by atoms with Crippen LogP contribution in [-0.4, -0.2) is 14.8 Å². The van der Waals surface area contributed by atoms with Gasteiger partial charge in [-0.1, -0.05) is 0 Å². The lowest BCUT2D eigenvalue weighted by molar-refractivity contribution is 0.546. The maximum atomic E-state index is 6.20. The third kappa shape index (κ3) is 1.77. The zero-order valence-electron chi connectivity index (χ0n) is 11.0. The van der Waals surface area contributed by atoms with Gasteiger partial charge in [0.15, 0.2) is 0 Å². The van der Waals surface area contributed by atoms with E-state index >= 15 is 0 Å². The number of nitrogens with one attached hydrogen (secondary N) is 1. The summed E-state index contributed by atoms with van der Waals surface area (Å²) < 4.78 is 2.40. The Hall–Kier alpha value is -1.55. The van der Waals surface area contributed by atoms with Crippen molar-refractivity contribution in [3.8, 4) is 0 Å². The second-order valence-electron chi connectivity index (χ2n) is 5.29. The summed E-state index contributed by atoms with van der Waals surface area (Å²) in [5.74, 6) is 0. The molecule has 0 amide bonds. The molecule has 18 heavy (non-hydrogen) atoms. The van der Waals surface area contributed by atoms with Crippen molar-refractivity contribution in [1.82, 2.24) is 14.8 Å². The quantitative estimate of drug-likeness (QED) is 0.851. The largest absolute Gasteiger partial charge is 0.344 e. The highest BCUT2D eigenvalue weighted by Crippen LogP contribution is 2.31. The summed E-state index contributed by atoms with van der Waals surface area (Å²) in [6.07, 6.45) is 5.38. The lowest BCUT2D eigenvalue weighted by Gasteiger charge is -2.21. The minimum atomic E-state index is 0.221. The fourth-order valence-corrected chi connectivity index (χ4v) is 2.93. The number of nitrogens with zero attached hydrogens (tertiary/aromatic N) is 2. The summed E-state index contributed by atoms with van der Waals surface area (Å²) in [4.78, 5) is 0. The fourth-order valence-electron chi connectivity index (χ4n) is 2.93. The van der Waals surface area contributed by atoms with Crippen LogP contribution in [0.4, 0.5) is 0 Å². The van der Waals surface area contributed by atoms with Crippen LogP contribution in [0.2, 0.25) is 0 Å². The van der Waals surface area contributed by atoms with Gasteiger partial charge in [-0.3, -0.25) is 5.10 Å². The Kier molecular flexibility index (Phi) is 2.74. The topological polar surface area (TPSA) is 59.6 Å². The average molecular weight is 244 g/mol. The maximum absolute atomic E-state index is 6.20. The molecular formula is C14H20N4. The molecule has 2 aromatic rings. The van der Waals surface area contributed by atoms with Crippen LogP contribution in [0, 0.1) is 13.8 Å². The lowest BCUT2D eigenvalue weighted by Crippen LogP contribution is -2.18. The molecule has 0 saturated heterocycles. The van der Waals surface area contributed by atoms with Gasteiger partial charge in [0, 0.05) is 28.7 Å². The second-order valence-corrected chi connectivity index (χ2v) is 5.29. The molecule has 3 N–H and O–H groups in total. The molecule has 1 aliphatic rings. The zero-order chi connectivity index (χ0) is 12.7. The molecule has 1 unspecified atom stereocenters. The molecule has 0 aromatic carbocycles. The van der Waals surface area contributed by atoms with Crippen molar-refractivity contribution in [3.63, 3.8) is 0 Å². The number of aromatic amines is 1. The van der Waals surface area contributed by atoms with Crippen molar-refractivity contribution in [2.45, 2.75) is 45.7 Å². The van der Waals surface area contributed by atoms with E-state index < -0.39 is 0 Å². The van der Waals surface area contributed by atoms with Gasteiger partial charge in [0.25, 0.3) is 0 Å². The Morgan fingerprint density at radius 1 is 1.50 bits per heavy atom. The maximum Gasteiger partial charge on any atom is 0.0540 e. The fraction of sp³-hybridized carbons (Fsp3) is 0.500. The van der Waals surface area contributed by atoms with Crippen LogP contribution in [0.25, 0.3) is 0 Å². The first kappa shape index (κ1) is 11.5. The number of fused-ring (bicyclic) bond motifs is 1. The molecule has 2 aromatic heterocycles. The van der Waals surface area contributed by atoms with Crippen LogP contribution in [0.15, 0.2) is 12.3 Å². The normalized spacial score (nSPS) is 18.9. The van der Waals surface area contributed by atoms with Crippen molar-refractivity contribution in [2.24, 2.45) is 5.73 Å². The second kappa shape index (κ2) is 4.28. The molecule has 0 saturated carbocycles. The standard InChI is InChI=1S/C14H20N4/c1-9-6-12-13(15)4-3-5-14(12)18(9)8-11-7-16-17-10(11)2/h6-7,13H,3-5,8,15H2,1-2H3,(H,16,17). The predicted molar refractivity (Wildman–Crippen MR) is 71.5 cm³/mol. The van der Waals surface area contributed by atoms with Gasteiger partial charge in [-0.05, 0) is 44.7 Å². The molecule has 1 aliphatic carbocycles. The molecule has 0 spiro atoms. The number of aromatic nitrogens is 3. The summed E-state index contributed by atoms with van der Waals surface area (Å²) in [5, 5.41) is 7.10. The third-order valence-electron chi connectivity index (χ3n) is 4.04. The third-order valence-corrected chi connectivity index (χ3v) is 4.04. The van der Waals surface area contributed by atoms with Gasteiger partial charge < -0.3 is 10.3 Å². The Labute approximate surface area is 107 Å². The molecule has 2 heterocycles. The molecule has 1 atom stereocenters. The molecule has 0 radical (unpaired) electrons. The monoisotopic (exact) mass is 244 g/mol. The van der Waals surface area contributed by atoms with Crippen LogP contribution >= 0.6 is 0 Å². The van der Waals surface area contributed by atoms with Crippen LogP contribution in [-0.2, 0) is 13.0 Å². The molecule has 4 heteroatoms. The van der Waals surface area contributed by atoms with Gasteiger partial charge >= 0.3 is 0 Å². The van der Waals surface area contributed by atoms with Crippen LogP contribution in [0.3, 0.4) is 0 Å². The van der Waals surface area contributed by atoms with E-state index in [2.05, 4.69) is 34.7 Å². The van der Waals surface area contributed by atoms with Crippen LogP contribution < -0.4 is 5.73 Å². The molecule has 0 bridgehead atoms. The lowest BCUT2D eigenvalue weighted by atomic mass is 9.93. The number of hydrogen-bond donors (Lipinski definition) is 2.